The maximum Gasteiger partial charge on any atom is 0.185 e. The summed E-state index contributed by atoms with van der Waals surface area (Å²) in [6.07, 6.45) is 3.24. The van der Waals surface area contributed by atoms with Crippen molar-refractivity contribution in [2.24, 2.45) is 0 Å². The Bertz CT molecular complexity index is 777. The zero-order valence-corrected chi connectivity index (χ0v) is 13.4. The monoisotopic (exact) mass is 325 g/mol. The average Bonchev–Trinajstić information content (AvgIpc) is 2.58. The number of hydrogen-bond donors (Lipinski definition) is 0. The number of rotatable bonds is 7. The molecule has 0 aromatic heterocycles. The molecule has 0 aliphatic rings. The highest BCUT2D eigenvalue weighted by atomic mass is 16.5. The van der Waals surface area contributed by atoms with Gasteiger partial charge < -0.3 is 19.4 Å². The minimum Gasteiger partial charge on any atom is -0.546 e. The third-order valence-corrected chi connectivity index (χ3v) is 3.40. The molecule has 2 aromatic rings. The molecule has 5 heteroatoms. The summed E-state index contributed by atoms with van der Waals surface area (Å²) in [4.78, 5) is 22.7. The van der Waals surface area contributed by atoms with E-state index in [1.54, 1.807) is 12.1 Å². The van der Waals surface area contributed by atoms with Crippen LogP contribution < -0.4 is 14.6 Å². The van der Waals surface area contributed by atoms with E-state index in [-0.39, 0.29) is 17.3 Å². The number of hydrogen-bond acceptors (Lipinski definition) is 5. The second kappa shape index (κ2) is 7.97. The van der Waals surface area contributed by atoms with Crippen LogP contribution in [0.5, 0.6) is 11.5 Å². The van der Waals surface area contributed by atoms with Crippen LogP contribution in [0.15, 0.2) is 48.5 Å². The van der Waals surface area contributed by atoms with Gasteiger partial charge in [0.15, 0.2) is 17.3 Å². The van der Waals surface area contributed by atoms with E-state index in [0.717, 1.165) is 11.1 Å². The largest absolute Gasteiger partial charge is 0.546 e. The van der Waals surface area contributed by atoms with Crippen molar-refractivity contribution in [2.75, 3.05) is 13.7 Å². The third kappa shape index (κ3) is 4.46. The van der Waals surface area contributed by atoms with Crippen LogP contribution in [0.4, 0.5) is 0 Å². The molecule has 0 aliphatic carbocycles. The molecular weight excluding hydrogens is 308 g/mol. The van der Waals surface area contributed by atoms with Gasteiger partial charge >= 0.3 is 0 Å². The first-order valence-corrected chi connectivity index (χ1v) is 7.30. The maximum atomic E-state index is 12.3. The van der Waals surface area contributed by atoms with Crippen molar-refractivity contribution < 1.29 is 24.2 Å². The summed E-state index contributed by atoms with van der Waals surface area (Å²) in [6, 6.07) is 12.3. The minimum atomic E-state index is -1.33. The Morgan fingerprint density at radius 3 is 2.54 bits per heavy atom. The third-order valence-electron chi connectivity index (χ3n) is 3.40. The highest BCUT2D eigenvalue weighted by molar-refractivity contribution is 6.07. The van der Waals surface area contributed by atoms with E-state index in [1.165, 1.54) is 25.3 Å². The molecule has 124 valence electrons. The number of benzene rings is 2. The molecule has 0 saturated heterocycles. The van der Waals surface area contributed by atoms with E-state index in [1.807, 2.05) is 31.2 Å². The van der Waals surface area contributed by atoms with Gasteiger partial charge in [-0.3, -0.25) is 4.79 Å². The zero-order chi connectivity index (χ0) is 17.5. The number of ether oxygens (including phenoxy) is 2. The van der Waals surface area contributed by atoms with Gasteiger partial charge in [0, 0.05) is 5.56 Å². The van der Waals surface area contributed by atoms with Crippen molar-refractivity contribution in [3.63, 3.8) is 0 Å². The Hall–Kier alpha value is -3.08. The van der Waals surface area contributed by atoms with E-state index in [0.29, 0.717) is 5.56 Å². The molecule has 0 fully saturated rings. The van der Waals surface area contributed by atoms with Crippen molar-refractivity contribution in [3.05, 3.63) is 65.2 Å². The van der Waals surface area contributed by atoms with E-state index < -0.39 is 12.6 Å². The van der Waals surface area contributed by atoms with Gasteiger partial charge in [-0.1, -0.05) is 30.3 Å². The Kier molecular flexibility index (Phi) is 5.73. The molecule has 0 bridgehead atoms. The molecule has 0 amide bonds. The number of ketones is 1. The Morgan fingerprint density at radius 2 is 1.88 bits per heavy atom. The predicted molar refractivity (Wildman–Crippen MR) is 88.0 cm³/mol. The molecule has 0 saturated carbocycles. The van der Waals surface area contributed by atoms with Crippen LogP contribution in [0.3, 0.4) is 0 Å². The van der Waals surface area contributed by atoms with Gasteiger partial charge in [-0.2, -0.15) is 0 Å². The van der Waals surface area contributed by atoms with Gasteiger partial charge in [0.25, 0.3) is 0 Å². The first kappa shape index (κ1) is 17.3. The van der Waals surface area contributed by atoms with E-state index in [9.17, 15) is 14.7 Å². The summed E-state index contributed by atoms with van der Waals surface area (Å²) in [5.74, 6) is -1.01. The van der Waals surface area contributed by atoms with Crippen molar-refractivity contribution in [3.8, 4) is 11.5 Å². The molecule has 0 heterocycles. The lowest BCUT2D eigenvalue weighted by Gasteiger charge is -2.11. The SMILES string of the molecule is COc1cc(C(=O)/C=C/c2ccccc2C)ccc1OCC(=O)[O-]. The Balaban J connectivity index is 2.17. The summed E-state index contributed by atoms with van der Waals surface area (Å²) in [5, 5.41) is 10.5. The number of carboxylic acid groups (broad SMARTS) is 1. The molecule has 2 aromatic carbocycles. The number of aliphatic carboxylic acids is 1. The lowest BCUT2D eigenvalue weighted by molar-refractivity contribution is -0.307. The first-order valence-electron chi connectivity index (χ1n) is 7.30. The summed E-state index contributed by atoms with van der Waals surface area (Å²) < 4.78 is 10.2. The maximum absolute atomic E-state index is 12.3. The van der Waals surface area contributed by atoms with Crippen LogP contribution >= 0.6 is 0 Å². The van der Waals surface area contributed by atoms with E-state index in [2.05, 4.69) is 0 Å². The van der Waals surface area contributed by atoms with Crippen LogP contribution in [-0.2, 0) is 4.79 Å². The van der Waals surface area contributed by atoms with Crippen LogP contribution in [0, 0.1) is 6.92 Å². The molecule has 0 radical (unpaired) electrons. The lowest BCUT2D eigenvalue weighted by Crippen LogP contribution is -2.29. The fourth-order valence-electron chi connectivity index (χ4n) is 2.11. The number of carbonyl (C=O) groups excluding carboxylic acids is 2. The Morgan fingerprint density at radius 1 is 1.12 bits per heavy atom. The normalized spacial score (nSPS) is 10.6. The number of methoxy groups -OCH3 is 1. The van der Waals surface area contributed by atoms with Gasteiger partial charge in [-0.05, 0) is 42.3 Å². The van der Waals surface area contributed by atoms with Crippen LogP contribution in [-0.4, -0.2) is 25.5 Å². The van der Waals surface area contributed by atoms with Crippen LogP contribution in [0.2, 0.25) is 0 Å². The molecule has 2 rings (SSSR count). The van der Waals surface area contributed by atoms with Crippen molar-refractivity contribution in [2.45, 2.75) is 6.92 Å². The second-order valence-corrected chi connectivity index (χ2v) is 5.08. The summed E-state index contributed by atoms with van der Waals surface area (Å²) in [5.41, 5.74) is 2.45. The summed E-state index contributed by atoms with van der Waals surface area (Å²) in [7, 11) is 1.42. The number of carboxylic acids is 1. The van der Waals surface area contributed by atoms with Gasteiger partial charge in [0.1, 0.15) is 6.61 Å². The topological polar surface area (TPSA) is 75.7 Å². The second-order valence-electron chi connectivity index (χ2n) is 5.08. The number of aryl methyl sites for hydroxylation is 1. The highest BCUT2D eigenvalue weighted by Crippen LogP contribution is 2.28. The van der Waals surface area contributed by atoms with Gasteiger partial charge in [0.2, 0.25) is 0 Å². The Labute approximate surface area is 140 Å². The summed E-state index contributed by atoms with van der Waals surface area (Å²) in [6.45, 7) is 1.38. The quantitative estimate of drug-likeness (QED) is 0.575. The molecule has 0 aliphatic heterocycles. The standard InChI is InChI=1S/C19H18O5/c1-13-5-3-4-6-14(13)7-9-16(20)15-8-10-17(18(11-15)23-2)24-12-19(21)22/h3-11H,12H2,1-2H3,(H,21,22)/p-1/b9-7+. The number of allylic oxidation sites excluding steroid dienone is 1. The fourth-order valence-corrected chi connectivity index (χ4v) is 2.11. The number of carbonyl (C=O) groups is 2. The molecule has 5 nitrogen and oxygen atoms in total. The van der Waals surface area contributed by atoms with Gasteiger partial charge in [-0.25, -0.2) is 0 Å². The molecule has 0 atom stereocenters. The molecular formula is C19H17O5-. The summed E-state index contributed by atoms with van der Waals surface area (Å²) >= 11 is 0. The van der Waals surface area contributed by atoms with Gasteiger partial charge in [-0.15, -0.1) is 0 Å². The van der Waals surface area contributed by atoms with Crippen molar-refractivity contribution in [1.82, 2.24) is 0 Å². The van der Waals surface area contributed by atoms with Crippen LogP contribution in [0.25, 0.3) is 6.08 Å². The zero-order valence-electron chi connectivity index (χ0n) is 13.4. The molecule has 0 unspecified atom stereocenters. The molecule has 0 spiro atoms. The highest BCUT2D eigenvalue weighted by Gasteiger charge is 2.09. The van der Waals surface area contributed by atoms with E-state index in [4.69, 9.17) is 9.47 Å². The van der Waals surface area contributed by atoms with E-state index >= 15 is 0 Å². The van der Waals surface area contributed by atoms with Crippen LogP contribution in [0.1, 0.15) is 21.5 Å². The lowest BCUT2D eigenvalue weighted by atomic mass is 10.1. The smallest absolute Gasteiger partial charge is 0.185 e. The van der Waals surface area contributed by atoms with Crippen molar-refractivity contribution in [1.29, 1.82) is 0 Å². The van der Waals surface area contributed by atoms with Gasteiger partial charge in [0.05, 0.1) is 13.1 Å². The predicted octanol–water partition coefficient (Wildman–Crippen LogP) is 2.03. The first-order chi connectivity index (χ1) is 11.5. The van der Waals surface area contributed by atoms with Crippen molar-refractivity contribution >= 4 is 17.8 Å². The minimum absolute atomic E-state index is 0.192. The molecule has 24 heavy (non-hydrogen) atoms. The molecule has 0 N–H and O–H groups in total. The average molecular weight is 325 g/mol. The fraction of sp³-hybridized carbons (Fsp3) is 0.158.